The normalized spacial score (nSPS) is 17.5. The van der Waals surface area contributed by atoms with Crippen LogP contribution >= 0.6 is 11.6 Å². The Morgan fingerprint density at radius 2 is 2.03 bits per heavy atom. The highest BCUT2D eigenvalue weighted by atomic mass is 35.5. The third-order valence-corrected chi connectivity index (χ3v) is 7.84. The van der Waals surface area contributed by atoms with Crippen molar-refractivity contribution in [2.75, 3.05) is 26.0 Å². The van der Waals surface area contributed by atoms with E-state index in [0.717, 1.165) is 48.1 Å². The van der Waals surface area contributed by atoms with Gasteiger partial charge in [0.15, 0.2) is 0 Å². The number of piperidine rings is 1. The molecule has 1 aliphatic rings. The lowest BCUT2D eigenvalue weighted by atomic mass is 9.75. The number of pyridine rings is 1. The van der Waals surface area contributed by atoms with Gasteiger partial charge in [0.2, 0.25) is 10.0 Å². The van der Waals surface area contributed by atoms with Crippen molar-refractivity contribution in [1.29, 1.82) is 0 Å². The number of aryl methyl sites for hydroxylation is 1. The minimum Gasteiger partial charge on any atom is -0.396 e. The lowest BCUT2D eigenvalue weighted by Gasteiger charge is -2.36. The van der Waals surface area contributed by atoms with Gasteiger partial charge in [-0.05, 0) is 80.3 Å². The SMILES string of the molecule is C/C(=C\c1cc(Cl)ccc1C(c1ncccc1C)C1CCN(S(C)(=O)=O)CC1)CCCO. The van der Waals surface area contributed by atoms with Gasteiger partial charge in [-0.15, -0.1) is 0 Å². The lowest BCUT2D eigenvalue weighted by molar-refractivity contribution is 0.256. The molecule has 1 unspecified atom stereocenters. The van der Waals surface area contributed by atoms with Crippen LogP contribution in [0.4, 0.5) is 0 Å². The number of aromatic nitrogens is 1. The number of aliphatic hydroxyl groups excluding tert-OH is 1. The fraction of sp³-hybridized carbons (Fsp3) is 0.480. The first-order valence-corrected chi connectivity index (χ1v) is 13.4. The molecule has 1 aliphatic heterocycles. The third-order valence-electron chi connectivity index (χ3n) is 6.30. The predicted molar refractivity (Wildman–Crippen MR) is 131 cm³/mol. The molecule has 2 heterocycles. The van der Waals surface area contributed by atoms with Crippen LogP contribution in [0.2, 0.25) is 5.02 Å². The molecule has 0 amide bonds. The molecule has 1 atom stereocenters. The van der Waals surface area contributed by atoms with Crippen LogP contribution in [-0.4, -0.2) is 48.8 Å². The Morgan fingerprint density at radius 3 is 2.66 bits per heavy atom. The molecule has 3 rings (SSSR count). The number of benzene rings is 1. The fourth-order valence-corrected chi connectivity index (χ4v) is 5.69. The maximum atomic E-state index is 12.0. The summed E-state index contributed by atoms with van der Waals surface area (Å²) in [4.78, 5) is 4.77. The Hall–Kier alpha value is -1.73. The van der Waals surface area contributed by atoms with Gasteiger partial charge in [-0.2, -0.15) is 0 Å². The number of halogens is 1. The van der Waals surface area contributed by atoms with Gasteiger partial charge < -0.3 is 5.11 Å². The van der Waals surface area contributed by atoms with Gasteiger partial charge >= 0.3 is 0 Å². The molecule has 174 valence electrons. The predicted octanol–water partition coefficient (Wildman–Crippen LogP) is 5.02. The van der Waals surface area contributed by atoms with E-state index in [4.69, 9.17) is 16.6 Å². The van der Waals surface area contributed by atoms with Crippen LogP contribution in [0.5, 0.6) is 0 Å². The van der Waals surface area contributed by atoms with Crippen molar-refractivity contribution in [3.05, 3.63) is 69.5 Å². The first-order chi connectivity index (χ1) is 15.2. The maximum absolute atomic E-state index is 12.0. The van der Waals surface area contributed by atoms with E-state index in [1.807, 2.05) is 24.4 Å². The Balaban J connectivity index is 2.05. The standard InChI is InChI=1S/C25H33ClN2O3S/c1-18(6-5-15-29)16-21-17-22(26)8-9-23(21)24(25-19(2)7-4-12-27-25)20-10-13-28(14-11-20)32(3,30)31/h4,7-9,12,16-17,20,24,29H,5-6,10-11,13-15H2,1-3H3/b18-16+. The van der Waals surface area contributed by atoms with Crippen LogP contribution < -0.4 is 0 Å². The molecule has 32 heavy (non-hydrogen) atoms. The summed E-state index contributed by atoms with van der Waals surface area (Å²) < 4.78 is 25.6. The molecule has 1 saturated heterocycles. The third kappa shape index (κ3) is 6.19. The fourth-order valence-electron chi connectivity index (χ4n) is 4.64. The smallest absolute Gasteiger partial charge is 0.211 e. The number of nitrogens with zero attached hydrogens (tertiary/aromatic N) is 2. The topological polar surface area (TPSA) is 70.5 Å². The van der Waals surface area contributed by atoms with Crippen LogP contribution in [0.25, 0.3) is 6.08 Å². The van der Waals surface area contributed by atoms with E-state index in [-0.39, 0.29) is 18.4 Å². The second kappa shape index (κ2) is 10.9. The first kappa shape index (κ1) is 24.9. The number of sulfonamides is 1. The molecule has 0 radical (unpaired) electrons. The zero-order chi connectivity index (χ0) is 23.3. The van der Waals surface area contributed by atoms with Gasteiger partial charge in [0.25, 0.3) is 0 Å². The molecule has 0 saturated carbocycles. The van der Waals surface area contributed by atoms with Crippen LogP contribution in [0.15, 0.2) is 42.1 Å². The Labute approximate surface area is 197 Å². The van der Waals surface area contributed by atoms with E-state index in [1.165, 1.54) is 11.8 Å². The van der Waals surface area contributed by atoms with E-state index in [2.05, 4.69) is 32.1 Å². The van der Waals surface area contributed by atoms with Gasteiger partial charge in [-0.25, -0.2) is 12.7 Å². The Morgan fingerprint density at radius 1 is 1.31 bits per heavy atom. The van der Waals surface area contributed by atoms with Crippen LogP contribution in [-0.2, 0) is 10.0 Å². The monoisotopic (exact) mass is 476 g/mol. The lowest BCUT2D eigenvalue weighted by Crippen LogP contribution is -2.39. The van der Waals surface area contributed by atoms with Crippen molar-refractivity contribution in [3.63, 3.8) is 0 Å². The summed E-state index contributed by atoms with van der Waals surface area (Å²) in [5, 5.41) is 9.87. The van der Waals surface area contributed by atoms with Gasteiger partial charge in [0.05, 0.1) is 11.9 Å². The number of rotatable bonds is 8. The number of hydrogen-bond acceptors (Lipinski definition) is 4. The van der Waals surface area contributed by atoms with Gasteiger partial charge in [-0.1, -0.05) is 35.4 Å². The van der Waals surface area contributed by atoms with Gasteiger partial charge in [-0.3, -0.25) is 4.98 Å². The minimum absolute atomic E-state index is 0.0482. The van der Waals surface area contributed by atoms with Crippen molar-refractivity contribution < 1.29 is 13.5 Å². The molecule has 1 aromatic heterocycles. The summed E-state index contributed by atoms with van der Waals surface area (Å²) in [6.07, 6.45) is 8.39. The van der Waals surface area contributed by atoms with E-state index < -0.39 is 10.0 Å². The molecule has 5 nitrogen and oxygen atoms in total. The second-order valence-corrected chi connectivity index (χ2v) is 11.2. The summed E-state index contributed by atoms with van der Waals surface area (Å²) in [6.45, 7) is 5.38. The van der Waals surface area contributed by atoms with E-state index in [9.17, 15) is 13.5 Å². The molecule has 7 heteroatoms. The highest BCUT2D eigenvalue weighted by Gasteiger charge is 2.33. The summed E-state index contributed by atoms with van der Waals surface area (Å²) >= 11 is 6.38. The number of aliphatic hydroxyl groups is 1. The molecule has 0 spiro atoms. The Bertz CT molecular complexity index is 1060. The summed E-state index contributed by atoms with van der Waals surface area (Å²) in [5.41, 5.74) is 5.58. The maximum Gasteiger partial charge on any atom is 0.211 e. The summed E-state index contributed by atoms with van der Waals surface area (Å²) in [5.74, 6) is 0.319. The van der Waals surface area contributed by atoms with Crippen LogP contribution in [0.1, 0.15) is 60.9 Å². The van der Waals surface area contributed by atoms with Crippen LogP contribution in [0.3, 0.4) is 0 Å². The summed E-state index contributed by atoms with van der Waals surface area (Å²) in [7, 11) is -3.18. The average molecular weight is 477 g/mol. The van der Waals surface area contributed by atoms with E-state index in [0.29, 0.717) is 18.1 Å². The highest BCUT2D eigenvalue weighted by Crippen LogP contribution is 2.41. The zero-order valence-electron chi connectivity index (χ0n) is 19.1. The molecular weight excluding hydrogens is 444 g/mol. The van der Waals surface area contributed by atoms with Crippen molar-refractivity contribution >= 4 is 27.7 Å². The molecule has 1 aromatic carbocycles. The second-order valence-electron chi connectivity index (χ2n) is 8.77. The zero-order valence-corrected chi connectivity index (χ0v) is 20.7. The van der Waals surface area contributed by atoms with Gasteiger partial charge in [0.1, 0.15) is 0 Å². The molecule has 2 aromatic rings. The first-order valence-electron chi connectivity index (χ1n) is 11.1. The number of hydrogen-bond donors (Lipinski definition) is 1. The molecule has 0 bridgehead atoms. The average Bonchev–Trinajstić information content (AvgIpc) is 2.75. The quantitative estimate of drug-likeness (QED) is 0.580. The van der Waals surface area contributed by atoms with E-state index in [1.54, 1.807) is 4.31 Å². The van der Waals surface area contributed by atoms with Crippen molar-refractivity contribution in [1.82, 2.24) is 9.29 Å². The molecular formula is C25H33ClN2O3S. The minimum atomic E-state index is -3.18. The van der Waals surface area contributed by atoms with Crippen molar-refractivity contribution in [2.24, 2.45) is 5.92 Å². The molecule has 1 N–H and O–H groups in total. The Kier molecular flexibility index (Phi) is 8.50. The molecule has 0 aliphatic carbocycles. The summed E-state index contributed by atoms with van der Waals surface area (Å²) in [6, 6.07) is 10.0. The van der Waals surface area contributed by atoms with E-state index >= 15 is 0 Å². The molecule has 1 fully saturated rings. The highest BCUT2D eigenvalue weighted by molar-refractivity contribution is 7.88. The van der Waals surface area contributed by atoms with Crippen molar-refractivity contribution in [2.45, 2.75) is 45.4 Å². The van der Waals surface area contributed by atoms with Crippen LogP contribution in [0, 0.1) is 12.8 Å². The largest absolute Gasteiger partial charge is 0.396 e. The van der Waals surface area contributed by atoms with Crippen molar-refractivity contribution in [3.8, 4) is 0 Å². The number of allylic oxidation sites excluding steroid dienone is 1. The van der Waals surface area contributed by atoms with Gasteiger partial charge in [0, 0.05) is 36.8 Å².